The van der Waals surface area contributed by atoms with Crippen molar-refractivity contribution < 1.29 is 22.3 Å². The predicted molar refractivity (Wildman–Crippen MR) is 117 cm³/mol. The summed E-state index contributed by atoms with van der Waals surface area (Å²) in [4.78, 5) is 12.3. The number of rotatable bonds is 8. The molecule has 3 rings (SSSR count). The van der Waals surface area contributed by atoms with Gasteiger partial charge in [0.15, 0.2) is 0 Å². The third-order valence-electron chi connectivity index (χ3n) is 5.34. The van der Waals surface area contributed by atoms with Crippen LogP contribution in [0, 0.1) is 5.82 Å². The molecule has 2 aromatic rings. The number of benzene rings is 2. The minimum atomic E-state index is -3.82. The van der Waals surface area contributed by atoms with E-state index in [0.29, 0.717) is 42.6 Å². The van der Waals surface area contributed by atoms with E-state index in [1.807, 2.05) is 6.07 Å². The summed E-state index contributed by atoms with van der Waals surface area (Å²) in [5, 5.41) is 3.97. The highest BCUT2D eigenvalue weighted by atomic mass is 35.5. The Morgan fingerprint density at radius 2 is 1.77 bits per heavy atom. The highest BCUT2D eigenvalue weighted by Crippen LogP contribution is 2.39. The summed E-state index contributed by atoms with van der Waals surface area (Å²) in [6.45, 7) is 1.36. The summed E-state index contributed by atoms with van der Waals surface area (Å²) in [6.07, 6.45) is 1.33. The van der Waals surface area contributed by atoms with Gasteiger partial charge in [-0.15, -0.1) is 0 Å². The molecule has 0 atom stereocenters. The standard InChI is InChI=1S/C21H23Cl2FN2O4S/c22-15-1-6-18(19(23)13-15)21(8-11-30-12-9-21)14-25-20(27)7-10-26-31(28,29)17-4-2-16(24)3-5-17/h1-6,13,26H,7-12,14H2,(H,25,27). The van der Waals surface area contributed by atoms with Crippen molar-refractivity contribution in [2.75, 3.05) is 26.3 Å². The first-order chi connectivity index (χ1) is 14.7. The molecule has 1 aliphatic rings. The first-order valence-electron chi connectivity index (χ1n) is 9.77. The van der Waals surface area contributed by atoms with Gasteiger partial charge in [-0.2, -0.15) is 0 Å². The lowest BCUT2D eigenvalue weighted by Crippen LogP contribution is -2.45. The third-order valence-corrected chi connectivity index (χ3v) is 7.37. The Bertz CT molecular complexity index is 1030. The summed E-state index contributed by atoms with van der Waals surface area (Å²) >= 11 is 12.5. The molecule has 168 valence electrons. The molecule has 2 N–H and O–H groups in total. The number of hydrogen-bond acceptors (Lipinski definition) is 4. The fourth-order valence-electron chi connectivity index (χ4n) is 3.58. The minimum Gasteiger partial charge on any atom is -0.381 e. The molecule has 0 spiro atoms. The van der Waals surface area contributed by atoms with Crippen LogP contribution in [0.1, 0.15) is 24.8 Å². The summed E-state index contributed by atoms with van der Waals surface area (Å²) in [5.41, 5.74) is 0.516. The van der Waals surface area contributed by atoms with E-state index in [2.05, 4.69) is 10.0 Å². The lowest BCUT2D eigenvalue weighted by Gasteiger charge is -2.38. The average Bonchev–Trinajstić information content (AvgIpc) is 2.73. The van der Waals surface area contributed by atoms with Gasteiger partial charge in [0.25, 0.3) is 0 Å². The lowest BCUT2D eigenvalue weighted by molar-refractivity contribution is -0.121. The Morgan fingerprint density at radius 1 is 1.10 bits per heavy atom. The number of hydrogen-bond donors (Lipinski definition) is 2. The number of nitrogens with one attached hydrogen (secondary N) is 2. The van der Waals surface area contributed by atoms with Gasteiger partial charge in [-0.05, 0) is 54.8 Å². The van der Waals surface area contributed by atoms with E-state index < -0.39 is 15.8 Å². The van der Waals surface area contributed by atoms with Gasteiger partial charge in [-0.1, -0.05) is 29.3 Å². The van der Waals surface area contributed by atoms with Crippen LogP contribution in [0.15, 0.2) is 47.4 Å². The maximum absolute atomic E-state index is 13.0. The van der Waals surface area contributed by atoms with Crippen molar-refractivity contribution in [2.24, 2.45) is 0 Å². The molecule has 31 heavy (non-hydrogen) atoms. The first kappa shape index (κ1) is 23.9. The number of carbonyl (C=O) groups is 1. The Hall–Kier alpha value is -1.71. The molecule has 0 bridgehead atoms. The van der Waals surface area contributed by atoms with Crippen LogP contribution >= 0.6 is 23.2 Å². The topological polar surface area (TPSA) is 84.5 Å². The maximum Gasteiger partial charge on any atom is 0.240 e. The number of halogens is 3. The van der Waals surface area contributed by atoms with Gasteiger partial charge < -0.3 is 10.1 Å². The second kappa shape index (κ2) is 10.3. The van der Waals surface area contributed by atoms with Crippen LogP contribution < -0.4 is 10.0 Å². The van der Waals surface area contributed by atoms with E-state index in [1.165, 1.54) is 12.1 Å². The molecule has 0 aliphatic carbocycles. The molecule has 1 fully saturated rings. The second-order valence-corrected chi connectivity index (χ2v) is 10.0. The second-order valence-electron chi connectivity index (χ2n) is 7.40. The van der Waals surface area contributed by atoms with Crippen molar-refractivity contribution in [3.63, 3.8) is 0 Å². The van der Waals surface area contributed by atoms with E-state index in [-0.39, 0.29) is 29.2 Å². The van der Waals surface area contributed by atoms with Crippen LogP contribution in [0.25, 0.3) is 0 Å². The minimum absolute atomic E-state index is 0.0403. The van der Waals surface area contributed by atoms with E-state index in [1.54, 1.807) is 12.1 Å². The molecule has 0 saturated carbocycles. The molecule has 2 aromatic carbocycles. The molecule has 1 amide bonds. The van der Waals surface area contributed by atoms with Gasteiger partial charge in [-0.3, -0.25) is 4.79 Å². The van der Waals surface area contributed by atoms with Crippen molar-refractivity contribution >= 4 is 39.1 Å². The number of sulfonamides is 1. The van der Waals surface area contributed by atoms with Gasteiger partial charge in [0.1, 0.15) is 5.82 Å². The molecule has 0 radical (unpaired) electrons. The molecule has 6 nitrogen and oxygen atoms in total. The fraction of sp³-hybridized carbons (Fsp3) is 0.381. The van der Waals surface area contributed by atoms with Gasteiger partial charge >= 0.3 is 0 Å². The molecule has 10 heteroatoms. The fourth-order valence-corrected chi connectivity index (χ4v) is 5.22. The van der Waals surface area contributed by atoms with Crippen molar-refractivity contribution in [3.05, 3.63) is 63.9 Å². The number of ether oxygens (including phenoxy) is 1. The third kappa shape index (κ3) is 6.17. The summed E-state index contributed by atoms with van der Waals surface area (Å²) in [5.74, 6) is -0.820. The molecular weight excluding hydrogens is 466 g/mol. The zero-order chi connectivity index (χ0) is 22.5. The van der Waals surface area contributed by atoms with Crippen molar-refractivity contribution in [1.29, 1.82) is 0 Å². The normalized spacial score (nSPS) is 16.1. The molecule has 1 heterocycles. The molecule has 1 aliphatic heterocycles. The van der Waals surface area contributed by atoms with Crippen LogP contribution in [0.2, 0.25) is 10.0 Å². The van der Waals surface area contributed by atoms with E-state index >= 15 is 0 Å². The molecule has 0 unspecified atom stereocenters. The molecule has 0 aromatic heterocycles. The van der Waals surface area contributed by atoms with Crippen LogP contribution in [-0.2, 0) is 25.0 Å². The zero-order valence-corrected chi connectivity index (χ0v) is 19.0. The molecular formula is C21H23Cl2FN2O4S. The van der Waals surface area contributed by atoms with Gasteiger partial charge in [0.2, 0.25) is 15.9 Å². The Kier molecular flexibility index (Phi) is 7.93. The maximum atomic E-state index is 13.0. The van der Waals surface area contributed by atoms with Crippen LogP contribution in [0.4, 0.5) is 4.39 Å². The van der Waals surface area contributed by atoms with Crippen molar-refractivity contribution in [1.82, 2.24) is 10.0 Å². The monoisotopic (exact) mass is 488 g/mol. The van der Waals surface area contributed by atoms with E-state index in [9.17, 15) is 17.6 Å². The van der Waals surface area contributed by atoms with Crippen molar-refractivity contribution in [3.8, 4) is 0 Å². The lowest BCUT2D eigenvalue weighted by atomic mass is 9.74. The first-order valence-corrected chi connectivity index (χ1v) is 12.0. The average molecular weight is 489 g/mol. The van der Waals surface area contributed by atoms with Crippen molar-refractivity contribution in [2.45, 2.75) is 29.6 Å². The Balaban J connectivity index is 1.58. The highest BCUT2D eigenvalue weighted by Gasteiger charge is 2.36. The Labute approximate surface area is 191 Å². The number of carbonyl (C=O) groups excluding carboxylic acids is 1. The highest BCUT2D eigenvalue weighted by molar-refractivity contribution is 7.89. The van der Waals surface area contributed by atoms with E-state index in [4.69, 9.17) is 27.9 Å². The predicted octanol–water partition coefficient (Wildman–Crippen LogP) is 3.67. The van der Waals surface area contributed by atoms with Crippen LogP contribution in [0.3, 0.4) is 0 Å². The van der Waals surface area contributed by atoms with Gasteiger partial charge in [-0.25, -0.2) is 17.5 Å². The Morgan fingerprint density at radius 3 is 2.42 bits per heavy atom. The summed E-state index contributed by atoms with van der Waals surface area (Å²) in [6, 6.07) is 9.80. The largest absolute Gasteiger partial charge is 0.381 e. The summed E-state index contributed by atoms with van der Waals surface area (Å²) < 4.78 is 45.3. The SMILES string of the molecule is O=C(CCNS(=O)(=O)c1ccc(F)cc1)NCC1(c2ccc(Cl)cc2Cl)CCOCC1. The van der Waals surface area contributed by atoms with E-state index in [0.717, 1.165) is 17.7 Å². The quantitative estimate of drug-likeness (QED) is 0.593. The molecule has 1 saturated heterocycles. The summed E-state index contributed by atoms with van der Waals surface area (Å²) in [7, 11) is -3.82. The smallest absolute Gasteiger partial charge is 0.240 e. The van der Waals surface area contributed by atoms with Crippen LogP contribution in [0.5, 0.6) is 0 Å². The zero-order valence-electron chi connectivity index (χ0n) is 16.7. The number of amides is 1. The van der Waals surface area contributed by atoms with Gasteiger partial charge in [0, 0.05) is 48.2 Å². The van der Waals surface area contributed by atoms with Crippen LogP contribution in [-0.4, -0.2) is 40.6 Å². The van der Waals surface area contributed by atoms with Gasteiger partial charge in [0.05, 0.1) is 4.90 Å².